The molecule has 1 unspecified atom stereocenters. The third-order valence-electron chi connectivity index (χ3n) is 3.39. The molecule has 0 saturated carbocycles. The number of guanidine groups is 1. The first-order valence-electron chi connectivity index (χ1n) is 8.59. The smallest absolute Gasteiger partial charge is 0.191 e. The summed E-state index contributed by atoms with van der Waals surface area (Å²) in [7, 11) is 3.37. The first-order valence-corrected chi connectivity index (χ1v) is 8.59. The number of hydrogen-bond acceptors (Lipinski definition) is 4. The highest BCUT2D eigenvalue weighted by atomic mass is 127. The zero-order valence-corrected chi connectivity index (χ0v) is 18.1. The summed E-state index contributed by atoms with van der Waals surface area (Å²) in [5.74, 6) is 0.599. The van der Waals surface area contributed by atoms with Crippen LogP contribution >= 0.6 is 24.0 Å². The van der Waals surface area contributed by atoms with Crippen LogP contribution in [0.2, 0.25) is 0 Å². The Morgan fingerprint density at radius 3 is 2.62 bits per heavy atom. The van der Waals surface area contributed by atoms with E-state index in [2.05, 4.69) is 15.6 Å². The fourth-order valence-corrected chi connectivity index (χ4v) is 2.04. The number of methoxy groups -OCH3 is 1. The molecule has 0 saturated heterocycles. The van der Waals surface area contributed by atoms with Crippen molar-refractivity contribution in [3.63, 3.8) is 0 Å². The summed E-state index contributed by atoms with van der Waals surface area (Å²) >= 11 is 0. The van der Waals surface area contributed by atoms with Gasteiger partial charge >= 0.3 is 0 Å². The van der Waals surface area contributed by atoms with Crippen molar-refractivity contribution >= 4 is 29.9 Å². The lowest BCUT2D eigenvalue weighted by Gasteiger charge is -2.18. The number of hydrogen-bond donors (Lipinski definition) is 2. The number of nitrogens with one attached hydrogen (secondary N) is 2. The van der Waals surface area contributed by atoms with Crippen molar-refractivity contribution in [2.45, 2.75) is 25.9 Å². The van der Waals surface area contributed by atoms with Gasteiger partial charge in [0.2, 0.25) is 0 Å². The molecule has 0 aliphatic heterocycles. The SMILES string of the molecule is CN=C(NCCCCOCCOC)NCC(C)Oc1ccccc1F.I. The van der Waals surface area contributed by atoms with E-state index in [1.807, 2.05) is 6.92 Å². The molecule has 0 heterocycles. The van der Waals surface area contributed by atoms with E-state index in [1.165, 1.54) is 6.07 Å². The quantitative estimate of drug-likeness (QED) is 0.207. The topological polar surface area (TPSA) is 64.1 Å². The normalized spacial score (nSPS) is 12.2. The van der Waals surface area contributed by atoms with Gasteiger partial charge < -0.3 is 24.8 Å². The van der Waals surface area contributed by atoms with E-state index >= 15 is 0 Å². The van der Waals surface area contributed by atoms with Gasteiger partial charge in [-0.2, -0.15) is 0 Å². The van der Waals surface area contributed by atoms with Crippen molar-refractivity contribution in [1.29, 1.82) is 0 Å². The number of para-hydroxylation sites is 1. The number of aliphatic imine (C=N–C) groups is 1. The third kappa shape index (κ3) is 11.5. The van der Waals surface area contributed by atoms with Crippen molar-refractivity contribution in [1.82, 2.24) is 10.6 Å². The Bertz CT molecular complexity index is 506. The number of unbranched alkanes of at least 4 members (excludes halogenated alkanes) is 1. The van der Waals surface area contributed by atoms with Gasteiger partial charge in [0.05, 0.1) is 19.8 Å². The highest BCUT2D eigenvalue weighted by molar-refractivity contribution is 14.0. The van der Waals surface area contributed by atoms with E-state index in [4.69, 9.17) is 14.2 Å². The molecule has 0 aromatic heterocycles. The van der Waals surface area contributed by atoms with Crippen LogP contribution in [-0.4, -0.2) is 59.1 Å². The maximum atomic E-state index is 13.6. The molecule has 1 atom stereocenters. The van der Waals surface area contributed by atoms with Crippen molar-refractivity contribution < 1.29 is 18.6 Å². The van der Waals surface area contributed by atoms with Crippen molar-refractivity contribution in [2.24, 2.45) is 4.99 Å². The van der Waals surface area contributed by atoms with Crippen LogP contribution in [0, 0.1) is 5.82 Å². The van der Waals surface area contributed by atoms with Crippen LogP contribution in [-0.2, 0) is 9.47 Å². The van der Waals surface area contributed by atoms with Gasteiger partial charge in [0, 0.05) is 27.3 Å². The van der Waals surface area contributed by atoms with E-state index in [1.54, 1.807) is 32.4 Å². The number of rotatable bonds is 12. The predicted molar refractivity (Wildman–Crippen MR) is 113 cm³/mol. The third-order valence-corrected chi connectivity index (χ3v) is 3.39. The maximum Gasteiger partial charge on any atom is 0.191 e. The Labute approximate surface area is 172 Å². The highest BCUT2D eigenvalue weighted by Gasteiger charge is 2.08. The lowest BCUT2D eigenvalue weighted by atomic mass is 10.3. The van der Waals surface area contributed by atoms with E-state index in [-0.39, 0.29) is 41.6 Å². The number of nitrogens with zero attached hydrogens (tertiary/aromatic N) is 1. The summed E-state index contributed by atoms with van der Waals surface area (Å²) in [6, 6.07) is 6.39. The Kier molecular flexibility index (Phi) is 15.4. The van der Waals surface area contributed by atoms with Gasteiger partial charge in [-0.3, -0.25) is 4.99 Å². The maximum absolute atomic E-state index is 13.6. The summed E-state index contributed by atoms with van der Waals surface area (Å²) in [5, 5.41) is 6.40. The lowest BCUT2D eigenvalue weighted by molar-refractivity contribution is 0.0689. The molecule has 1 aromatic carbocycles. The monoisotopic (exact) mass is 483 g/mol. The fraction of sp³-hybridized carbons (Fsp3) is 0.611. The number of benzene rings is 1. The van der Waals surface area contributed by atoms with Gasteiger partial charge in [-0.1, -0.05) is 12.1 Å². The molecular formula is C18H31FIN3O3. The summed E-state index contributed by atoms with van der Waals surface area (Å²) in [6.07, 6.45) is 1.76. The summed E-state index contributed by atoms with van der Waals surface area (Å²) in [4.78, 5) is 4.16. The predicted octanol–water partition coefficient (Wildman–Crippen LogP) is 2.82. The summed E-state index contributed by atoms with van der Waals surface area (Å²) < 4.78 is 29.5. The Balaban J connectivity index is 0.00000625. The van der Waals surface area contributed by atoms with E-state index in [0.29, 0.717) is 25.7 Å². The summed E-state index contributed by atoms with van der Waals surface area (Å²) in [5.41, 5.74) is 0. The first kappa shape index (κ1) is 24.9. The van der Waals surface area contributed by atoms with Crippen LogP contribution in [0.15, 0.2) is 29.3 Å². The Morgan fingerprint density at radius 2 is 1.92 bits per heavy atom. The minimum Gasteiger partial charge on any atom is -0.486 e. The van der Waals surface area contributed by atoms with E-state index < -0.39 is 0 Å². The van der Waals surface area contributed by atoms with Crippen molar-refractivity contribution in [3.8, 4) is 5.75 Å². The summed E-state index contributed by atoms with van der Waals surface area (Å²) in [6.45, 7) is 5.19. The molecule has 8 heteroatoms. The molecule has 0 aliphatic rings. The van der Waals surface area contributed by atoms with Crippen LogP contribution < -0.4 is 15.4 Å². The molecule has 150 valence electrons. The van der Waals surface area contributed by atoms with Crippen LogP contribution in [0.5, 0.6) is 5.75 Å². The van der Waals surface area contributed by atoms with Crippen molar-refractivity contribution in [3.05, 3.63) is 30.1 Å². The second-order valence-electron chi connectivity index (χ2n) is 5.55. The Hall–Kier alpha value is -1.13. The molecule has 2 N–H and O–H groups in total. The van der Waals surface area contributed by atoms with Crippen LogP contribution in [0.3, 0.4) is 0 Å². The molecule has 6 nitrogen and oxygen atoms in total. The zero-order valence-electron chi connectivity index (χ0n) is 15.8. The first-order chi connectivity index (χ1) is 12.2. The molecule has 0 spiro atoms. The second-order valence-corrected chi connectivity index (χ2v) is 5.55. The van der Waals surface area contributed by atoms with Gasteiger partial charge in [0.15, 0.2) is 17.5 Å². The van der Waals surface area contributed by atoms with Gasteiger partial charge in [-0.25, -0.2) is 4.39 Å². The molecule has 1 rings (SSSR count). The van der Waals surface area contributed by atoms with Crippen LogP contribution in [0.25, 0.3) is 0 Å². The van der Waals surface area contributed by atoms with Gasteiger partial charge in [-0.15, -0.1) is 24.0 Å². The van der Waals surface area contributed by atoms with Gasteiger partial charge in [0.25, 0.3) is 0 Å². The molecule has 1 aromatic rings. The minimum absolute atomic E-state index is 0. The standard InChI is InChI=1S/C18H30FN3O3.HI/c1-15(25-17-9-5-4-8-16(17)19)14-22-18(20-2)21-10-6-7-11-24-13-12-23-3;/h4-5,8-9,15H,6-7,10-14H2,1-3H3,(H2,20,21,22);1H. The van der Waals surface area contributed by atoms with Gasteiger partial charge in [-0.05, 0) is 31.9 Å². The van der Waals surface area contributed by atoms with Crippen molar-refractivity contribution in [2.75, 3.05) is 47.1 Å². The molecular weight excluding hydrogens is 452 g/mol. The molecule has 26 heavy (non-hydrogen) atoms. The highest BCUT2D eigenvalue weighted by Crippen LogP contribution is 2.16. The molecule has 0 fully saturated rings. The molecule has 0 amide bonds. The van der Waals surface area contributed by atoms with Gasteiger partial charge in [0.1, 0.15) is 6.10 Å². The lowest BCUT2D eigenvalue weighted by Crippen LogP contribution is -2.42. The van der Waals surface area contributed by atoms with E-state index in [0.717, 1.165) is 26.0 Å². The van der Waals surface area contributed by atoms with Crippen LogP contribution in [0.4, 0.5) is 4.39 Å². The van der Waals surface area contributed by atoms with E-state index in [9.17, 15) is 4.39 Å². The molecule has 0 radical (unpaired) electrons. The molecule has 0 aliphatic carbocycles. The minimum atomic E-state index is -0.357. The Morgan fingerprint density at radius 1 is 1.15 bits per heavy atom. The van der Waals surface area contributed by atoms with Crippen LogP contribution in [0.1, 0.15) is 19.8 Å². The second kappa shape index (κ2) is 16.1. The average molecular weight is 483 g/mol. The number of ether oxygens (including phenoxy) is 3. The average Bonchev–Trinajstić information content (AvgIpc) is 2.62. The number of halogens is 2. The zero-order chi connectivity index (χ0) is 18.3. The fourth-order valence-electron chi connectivity index (χ4n) is 2.04. The largest absolute Gasteiger partial charge is 0.486 e. The molecule has 0 bridgehead atoms.